The van der Waals surface area contributed by atoms with Gasteiger partial charge in [-0.05, 0) is 14.0 Å². The molecule has 2 heterocycles. The van der Waals surface area contributed by atoms with Gasteiger partial charge in [0.2, 0.25) is 5.91 Å². The van der Waals surface area contributed by atoms with Gasteiger partial charge in [0.25, 0.3) is 0 Å². The van der Waals surface area contributed by atoms with Crippen molar-refractivity contribution in [2.75, 3.05) is 45.2 Å². The average Bonchev–Trinajstić information content (AvgIpc) is 2.86. The molecule has 2 rings (SSSR count). The van der Waals surface area contributed by atoms with E-state index in [9.17, 15) is 9.59 Å². The fraction of sp³-hybridized carbons (Fsp3) is 0.667. The van der Waals surface area contributed by atoms with Gasteiger partial charge in [-0.1, -0.05) is 0 Å². The molecule has 1 N–H and O–H groups in total. The highest BCUT2D eigenvalue weighted by atomic mass is 16.5. The van der Waals surface area contributed by atoms with Gasteiger partial charge in [-0.3, -0.25) is 10.1 Å². The monoisotopic (exact) mass is 296 g/mol. The van der Waals surface area contributed by atoms with E-state index in [2.05, 4.69) is 20.4 Å². The summed E-state index contributed by atoms with van der Waals surface area (Å²) in [5.74, 6) is 0.237. The van der Waals surface area contributed by atoms with Crippen molar-refractivity contribution in [3.8, 4) is 0 Å². The zero-order chi connectivity index (χ0) is 15.2. The third kappa shape index (κ3) is 4.42. The molecule has 0 aromatic carbocycles. The minimum Gasteiger partial charge on any atom is -0.450 e. The van der Waals surface area contributed by atoms with Gasteiger partial charge in [0.15, 0.2) is 5.82 Å². The zero-order valence-electron chi connectivity index (χ0n) is 12.3. The Morgan fingerprint density at radius 2 is 2.05 bits per heavy atom. The Labute approximate surface area is 122 Å². The Balaban J connectivity index is 1.84. The molecule has 0 aliphatic carbocycles. The van der Waals surface area contributed by atoms with E-state index in [1.54, 1.807) is 11.8 Å². The smallest absolute Gasteiger partial charge is 0.412 e. The lowest BCUT2D eigenvalue weighted by Crippen LogP contribution is -2.48. The summed E-state index contributed by atoms with van der Waals surface area (Å²) < 4.78 is 4.73. The van der Waals surface area contributed by atoms with E-state index in [0.717, 1.165) is 13.1 Å². The number of nitrogens with zero attached hydrogens (tertiary/aromatic N) is 5. The van der Waals surface area contributed by atoms with Crippen molar-refractivity contribution in [2.24, 2.45) is 0 Å². The van der Waals surface area contributed by atoms with Crippen LogP contribution in [0, 0.1) is 0 Å². The molecule has 1 saturated heterocycles. The number of likely N-dealkylation sites (N-methyl/N-ethyl adjacent to an activating group) is 1. The summed E-state index contributed by atoms with van der Waals surface area (Å²) in [6.07, 6.45) is 0.795. The Morgan fingerprint density at radius 1 is 1.33 bits per heavy atom. The van der Waals surface area contributed by atoms with Crippen LogP contribution in [0.1, 0.15) is 6.92 Å². The summed E-state index contributed by atoms with van der Waals surface area (Å²) >= 11 is 0. The largest absolute Gasteiger partial charge is 0.450 e. The van der Waals surface area contributed by atoms with Gasteiger partial charge in [-0.25, -0.2) is 4.79 Å². The van der Waals surface area contributed by atoms with Gasteiger partial charge in [0.05, 0.1) is 12.8 Å². The molecular weight excluding hydrogens is 276 g/mol. The second-order valence-corrected chi connectivity index (χ2v) is 4.79. The number of anilines is 1. The van der Waals surface area contributed by atoms with Gasteiger partial charge in [0.1, 0.15) is 6.54 Å². The van der Waals surface area contributed by atoms with E-state index in [-0.39, 0.29) is 24.9 Å². The number of piperazine rings is 1. The first kappa shape index (κ1) is 15.2. The summed E-state index contributed by atoms with van der Waals surface area (Å²) in [5.41, 5.74) is 0. The van der Waals surface area contributed by atoms with E-state index >= 15 is 0 Å². The fourth-order valence-corrected chi connectivity index (χ4v) is 1.98. The quantitative estimate of drug-likeness (QED) is 0.814. The minimum atomic E-state index is -0.588. The van der Waals surface area contributed by atoms with E-state index in [0.29, 0.717) is 13.1 Å². The van der Waals surface area contributed by atoms with E-state index in [1.807, 2.05) is 7.05 Å². The molecule has 0 bridgehead atoms. The van der Waals surface area contributed by atoms with Gasteiger partial charge < -0.3 is 14.5 Å². The van der Waals surface area contributed by atoms with E-state index in [4.69, 9.17) is 4.74 Å². The van der Waals surface area contributed by atoms with Crippen LogP contribution >= 0.6 is 0 Å². The van der Waals surface area contributed by atoms with Crippen molar-refractivity contribution in [2.45, 2.75) is 13.5 Å². The molecule has 9 nitrogen and oxygen atoms in total. The number of carbonyl (C=O) groups excluding carboxylic acids is 2. The van der Waals surface area contributed by atoms with Crippen LogP contribution in [0.25, 0.3) is 0 Å². The second-order valence-electron chi connectivity index (χ2n) is 4.79. The van der Waals surface area contributed by atoms with Crippen LogP contribution < -0.4 is 5.32 Å². The van der Waals surface area contributed by atoms with E-state index in [1.165, 1.54) is 11.0 Å². The van der Waals surface area contributed by atoms with Gasteiger partial charge in [0, 0.05) is 26.2 Å². The average molecular weight is 296 g/mol. The third-order valence-corrected chi connectivity index (χ3v) is 3.17. The Hall–Kier alpha value is -2.16. The summed E-state index contributed by atoms with van der Waals surface area (Å²) in [6.45, 7) is 5.22. The lowest BCUT2D eigenvalue weighted by atomic mass is 10.3. The molecule has 1 aromatic rings. The summed E-state index contributed by atoms with van der Waals surface area (Å²) in [4.78, 5) is 28.6. The first-order valence-electron chi connectivity index (χ1n) is 6.88. The number of amides is 2. The van der Waals surface area contributed by atoms with Crippen molar-refractivity contribution >= 4 is 17.8 Å². The van der Waals surface area contributed by atoms with Crippen molar-refractivity contribution in [1.29, 1.82) is 0 Å². The molecule has 116 valence electrons. The number of nitrogens with one attached hydrogen (secondary N) is 1. The number of ether oxygens (including phenoxy) is 1. The molecule has 21 heavy (non-hydrogen) atoms. The molecule has 0 atom stereocenters. The van der Waals surface area contributed by atoms with Crippen molar-refractivity contribution < 1.29 is 14.3 Å². The van der Waals surface area contributed by atoms with Gasteiger partial charge >= 0.3 is 6.09 Å². The molecule has 1 aromatic heterocycles. The number of aromatic nitrogens is 3. The lowest BCUT2D eigenvalue weighted by Gasteiger charge is -2.32. The maximum absolute atomic E-state index is 12.1. The summed E-state index contributed by atoms with van der Waals surface area (Å²) in [5, 5.41) is 10.4. The summed E-state index contributed by atoms with van der Waals surface area (Å²) in [7, 11) is 2.03. The normalized spacial score (nSPS) is 15.8. The molecule has 0 radical (unpaired) electrons. The van der Waals surface area contributed by atoms with Crippen molar-refractivity contribution in [3.63, 3.8) is 0 Å². The highest BCUT2D eigenvalue weighted by molar-refractivity contribution is 5.83. The number of hydrogen-bond acceptors (Lipinski definition) is 6. The van der Waals surface area contributed by atoms with Gasteiger partial charge in [-0.15, -0.1) is 5.10 Å². The standard InChI is InChI=1S/C12H20N6O3/c1-3-21-12(20)14-10-8-13-18(15-10)9-11(19)17-6-4-16(2)5-7-17/h8H,3-7,9H2,1-2H3,(H,14,15,20). The van der Waals surface area contributed by atoms with Crippen LogP contribution in [0.15, 0.2) is 6.20 Å². The van der Waals surface area contributed by atoms with Crippen LogP contribution in [0.5, 0.6) is 0 Å². The zero-order valence-corrected chi connectivity index (χ0v) is 12.3. The first-order chi connectivity index (χ1) is 10.1. The Kier molecular flexibility index (Phi) is 5.09. The van der Waals surface area contributed by atoms with Crippen LogP contribution in [0.2, 0.25) is 0 Å². The molecule has 9 heteroatoms. The highest BCUT2D eigenvalue weighted by Crippen LogP contribution is 2.03. The molecule has 1 fully saturated rings. The molecule has 1 aliphatic rings. The predicted octanol–water partition coefficient (Wildman–Crippen LogP) is -0.379. The van der Waals surface area contributed by atoms with Crippen molar-refractivity contribution in [3.05, 3.63) is 6.20 Å². The maximum atomic E-state index is 12.1. The SMILES string of the molecule is CCOC(=O)Nc1cnn(CC(=O)N2CCN(C)CC2)n1. The van der Waals surface area contributed by atoms with Crippen LogP contribution in [-0.2, 0) is 16.1 Å². The fourth-order valence-electron chi connectivity index (χ4n) is 1.98. The first-order valence-corrected chi connectivity index (χ1v) is 6.88. The molecule has 2 amide bonds. The molecule has 1 aliphatic heterocycles. The minimum absolute atomic E-state index is 0.0265. The van der Waals surface area contributed by atoms with E-state index < -0.39 is 6.09 Å². The molecule has 0 saturated carbocycles. The maximum Gasteiger partial charge on any atom is 0.412 e. The van der Waals surface area contributed by atoms with Crippen LogP contribution in [0.3, 0.4) is 0 Å². The summed E-state index contributed by atoms with van der Waals surface area (Å²) in [6, 6.07) is 0. The van der Waals surface area contributed by atoms with Crippen LogP contribution in [0.4, 0.5) is 10.6 Å². The second kappa shape index (κ2) is 7.02. The molecule has 0 unspecified atom stereocenters. The number of carbonyl (C=O) groups is 2. The molecule has 0 spiro atoms. The Bertz CT molecular complexity index is 495. The highest BCUT2D eigenvalue weighted by Gasteiger charge is 2.20. The number of rotatable bonds is 4. The Morgan fingerprint density at radius 3 is 2.71 bits per heavy atom. The third-order valence-electron chi connectivity index (χ3n) is 3.17. The topological polar surface area (TPSA) is 92.6 Å². The van der Waals surface area contributed by atoms with Crippen LogP contribution in [-0.4, -0.2) is 76.6 Å². The number of hydrogen-bond donors (Lipinski definition) is 1. The van der Waals surface area contributed by atoms with Crippen molar-refractivity contribution in [1.82, 2.24) is 24.8 Å². The lowest BCUT2D eigenvalue weighted by molar-refractivity contribution is -0.133. The predicted molar refractivity (Wildman–Crippen MR) is 74.7 cm³/mol. The van der Waals surface area contributed by atoms with Gasteiger partial charge in [-0.2, -0.15) is 9.90 Å². The molecular formula is C12H20N6O3.